The summed E-state index contributed by atoms with van der Waals surface area (Å²) in [4.78, 5) is 12.5. The van der Waals surface area contributed by atoms with E-state index < -0.39 is 0 Å². The first-order chi connectivity index (χ1) is 11.0. The number of hydrogen-bond acceptors (Lipinski definition) is 2. The lowest BCUT2D eigenvalue weighted by atomic mass is 10.1. The lowest BCUT2D eigenvalue weighted by Crippen LogP contribution is -2.14. The van der Waals surface area contributed by atoms with E-state index in [1.807, 2.05) is 38.1 Å². The van der Waals surface area contributed by atoms with Crippen LogP contribution in [0.3, 0.4) is 0 Å². The number of halogens is 1. The zero-order chi connectivity index (χ0) is 16.8. The average Bonchev–Trinajstić information content (AvgIpc) is 2.52. The van der Waals surface area contributed by atoms with Crippen molar-refractivity contribution in [2.75, 3.05) is 11.9 Å². The highest BCUT2D eigenvalue weighted by Gasteiger charge is 2.12. The van der Waals surface area contributed by atoms with Gasteiger partial charge in [0.25, 0.3) is 5.91 Å². The van der Waals surface area contributed by atoms with Gasteiger partial charge in [0, 0.05) is 11.3 Å². The average molecular weight is 376 g/mol. The van der Waals surface area contributed by atoms with Gasteiger partial charge >= 0.3 is 0 Å². The van der Waals surface area contributed by atoms with Crippen molar-refractivity contribution in [3.8, 4) is 5.75 Å². The fourth-order valence-corrected chi connectivity index (χ4v) is 2.78. The number of anilines is 1. The summed E-state index contributed by atoms with van der Waals surface area (Å²) in [5.74, 6) is 0.644. The molecule has 2 aromatic rings. The normalized spacial score (nSPS) is 10.4. The Balaban J connectivity index is 2.12. The number of rotatable bonds is 6. The topological polar surface area (TPSA) is 38.3 Å². The van der Waals surface area contributed by atoms with Crippen LogP contribution in [0, 0.1) is 13.8 Å². The lowest BCUT2D eigenvalue weighted by Gasteiger charge is -2.13. The van der Waals surface area contributed by atoms with Crippen LogP contribution in [0.4, 0.5) is 5.69 Å². The summed E-state index contributed by atoms with van der Waals surface area (Å²) in [7, 11) is 0. The number of nitrogens with one attached hydrogen (secondary N) is 1. The van der Waals surface area contributed by atoms with E-state index in [9.17, 15) is 4.79 Å². The summed E-state index contributed by atoms with van der Waals surface area (Å²) < 4.78 is 6.48. The monoisotopic (exact) mass is 375 g/mol. The van der Waals surface area contributed by atoms with Gasteiger partial charge in [-0.25, -0.2) is 0 Å². The SMILES string of the molecule is CCCCOc1ccc(C(=O)Nc2c(C)cccc2C)cc1Br. The lowest BCUT2D eigenvalue weighted by molar-refractivity contribution is 0.102. The predicted molar refractivity (Wildman–Crippen MR) is 98.4 cm³/mol. The van der Waals surface area contributed by atoms with Crippen molar-refractivity contribution in [1.82, 2.24) is 0 Å². The molecule has 2 rings (SSSR count). The van der Waals surface area contributed by atoms with E-state index in [1.165, 1.54) is 0 Å². The minimum Gasteiger partial charge on any atom is -0.492 e. The first-order valence-corrected chi connectivity index (χ1v) is 8.62. The zero-order valence-electron chi connectivity index (χ0n) is 13.8. The van der Waals surface area contributed by atoms with E-state index in [2.05, 4.69) is 28.2 Å². The van der Waals surface area contributed by atoms with E-state index in [4.69, 9.17) is 4.74 Å². The van der Waals surface area contributed by atoms with Crippen LogP contribution in [-0.4, -0.2) is 12.5 Å². The standard InChI is InChI=1S/C19H22BrNO2/c1-4-5-11-23-17-10-9-15(12-16(17)20)19(22)21-18-13(2)7-6-8-14(18)3/h6-10,12H,4-5,11H2,1-3H3,(H,21,22). The molecule has 0 atom stereocenters. The third-order valence-corrected chi connectivity index (χ3v) is 4.29. The molecule has 23 heavy (non-hydrogen) atoms. The molecule has 0 aliphatic carbocycles. The third kappa shape index (κ3) is 4.58. The Morgan fingerprint density at radius 2 is 1.87 bits per heavy atom. The van der Waals surface area contributed by atoms with Gasteiger partial charge in [-0.2, -0.15) is 0 Å². The number of aryl methyl sites for hydroxylation is 2. The second kappa shape index (κ2) is 8.16. The van der Waals surface area contributed by atoms with Crippen LogP contribution in [0.25, 0.3) is 0 Å². The van der Waals surface area contributed by atoms with Crippen LogP contribution in [0.15, 0.2) is 40.9 Å². The van der Waals surface area contributed by atoms with Crippen LogP contribution in [0.2, 0.25) is 0 Å². The number of hydrogen-bond donors (Lipinski definition) is 1. The first kappa shape index (κ1) is 17.5. The maximum absolute atomic E-state index is 12.5. The van der Waals surface area contributed by atoms with Crippen molar-refractivity contribution in [2.24, 2.45) is 0 Å². The molecular formula is C19H22BrNO2. The molecule has 0 heterocycles. The van der Waals surface area contributed by atoms with E-state index in [0.29, 0.717) is 12.2 Å². The number of benzene rings is 2. The molecule has 3 nitrogen and oxygen atoms in total. The number of amides is 1. The second-order valence-electron chi connectivity index (χ2n) is 5.57. The summed E-state index contributed by atoms with van der Waals surface area (Å²) in [5, 5.41) is 2.99. The Morgan fingerprint density at radius 1 is 1.17 bits per heavy atom. The molecular weight excluding hydrogens is 354 g/mol. The molecule has 0 aromatic heterocycles. The number of unbranched alkanes of at least 4 members (excludes halogenated alkanes) is 1. The maximum atomic E-state index is 12.5. The van der Waals surface area contributed by atoms with E-state index in [-0.39, 0.29) is 5.91 Å². The summed E-state index contributed by atoms with van der Waals surface area (Å²) in [6.45, 7) is 6.79. The number of ether oxygens (including phenoxy) is 1. The van der Waals surface area contributed by atoms with Gasteiger partial charge in [0.2, 0.25) is 0 Å². The van der Waals surface area contributed by atoms with Crippen molar-refractivity contribution in [1.29, 1.82) is 0 Å². The third-order valence-electron chi connectivity index (χ3n) is 3.67. The Morgan fingerprint density at radius 3 is 2.48 bits per heavy atom. The van der Waals surface area contributed by atoms with E-state index >= 15 is 0 Å². The molecule has 0 bridgehead atoms. The van der Waals surface area contributed by atoms with Gasteiger partial charge in [-0.1, -0.05) is 31.5 Å². The van der Waals surface area contributed by atoms with E-state index in [0.717, 1.165) is 39.9 Å². The Bertz CT molecular complexity index is 678. The molecule has 4 heteroatoms. The Kier molecular flexibility index (Phi) is 6.22. The van der Waals surface area contributed by atoms with Gasteiger partial charge in [-0.15, -0.1) is 0 Å². The van der Waals surface area contributed by atoms with Gasteiger partial charge in [-0.05, 0) is 65.5 Å². The molecule has 2 aromatic carbocycles. The molecule has 0 aliphatic rings. The molecule has 0 fully saturated rings. The number of carbonyl (C=O) groups is 1. The summed E-state index contributed by atoms with van der Waals surface area (Å²) in [6.07, 6.45) is 2.11. The molecule has 122 valence electrons. The first-order valence-electron chi connectivity index (χ1n) is 7.83. The fourth-order valence-electron chi connectivity index (χ4n) is 2.28. The minimum absolute atomic E-state index is 0.122. The van der Waals surface area contributed by atoms with Gasteiger partial charge in [-0.3, -0.25) is 4.79 Å². The number of para-hydroxylation sites is 1. The largest absolute Gasteiger partial charge is 0.492 e. The highest BCUT2D eigenvalue weighted by atomic mass is 79.9. The van der Waals surface area contributed by atoms with Gasteiger partial charge in [0.05, 0.1) is 11.1 Å². The summed E-state index contributed by atoms with van der Waals surface area (Å²) in [5.41, 5.74) is 3.58. The Hall–Kier alpha value is -1.81. The van der Waals surface area contributed by atoms with Crippen molar-refractivity contribution in [3.63, 3.8) is 0 Å². The Labute approximate surface area is 146 Å². The smallest absolute Gasteiger partial charge is 0.255 e. The van der Waals surface area contributed by atoms with Crippen molar-refractivity contribution >= 4 is 27.5 Å². The van der Waals surface area contributed by atoms with Gasteiger partial charge in [0.1, 0.15) is 5.75 Å². The summed E-state index contributed by atoms with van der Waals surface area (Å²) >= 11 is 3.48. The van der Waals surface area contributed by atoms with Crippen LogP contribution < -0.4 is 10.1 Å². The van der Waals surface area contributed by atoms with Crippen molar-refractivity contribution in [3.05, 3.63) is 57.6 Å². The molecule has 0 radical (unpaired) electrons. The summed E-state index contributed by atoms with van der Waals surface area (Å²) in [6, 6.07) is 11.4. The molecule has 0 unspecified atom stereocenters. The molecule has 0 saturated heterocycles. The molecule has 0 aliphatic heterocycles. The van der Waals surface area contributed by atoms with E-state index in [1.54, 1.807) is 12.1 Å². The predicted octanol–water partition coefficient (Wildman–Crippen LogP) is 5.50. The second-order valence-corrected chi connectivity index (χ2v) is 6.42. The van der Waals surface area contributed by atoms with Crippen LogP contribution in [0.5, 0.6) is 5.75 Å². The molecule has 1 amide bonds. The number of carbonyl (C=O) groups excluding carboxylic acids is 1. The molecule has 1 N–H and O–H groups in total. The highest BCUT2D eigenvalue weighted by molar-refractivity contribution is 9.10. The van der Waals surface area contributed by atoms with Crippen LogP contribution in [-0.2, 0) is 0 Å². The highest BCUT2D eigenvalue weighted by Crippen LogP contribution is 2.27. The van der Waals surface area contributed by atoms with Crippen molar-refractivity contribution < 1.29 is 9.53 Å². The molecule has 0 spiro atoms. The quantitative estimate of drug-likeness (QED) is 0.677. The fraction of sp³-hybridized carbons (Fsp3) is 0.316. The van der Waals surface area contributed by atoms with Crippen LogP contribution >= 0.6 is 15.9 Å². The molecule has 0 saturated carbocycles. The minimum atomic E-state index is -0.122. The zero-order valence-corrected chi connectivity index (χ0v) is 15.4. The van der Waals surface area contributed by atoms with Gasteiger partial charge < -0.3 is 10.1 Å². The van der Waals surface area contributed by atoms with Gasteiger partial charge in [0.15, 0.2) is 0 Å². The maximum Gasteiger partial charge on any atom is 0.255 e. The van der Waals surface area contributed by atoms with Crippen molar-refractivity contribution in [2.45, 2.75) is 33.6 Å². The van der Waals surface area contributed by atoms with Crippen LogP contribution in [0.1, 0.15) is 41.3 Å².